The molecule has 0 aliphatic carbocycles. The monoisotopic (exact) mass is 416 g/mol. The van der Waals surface area contributed by atoms with Crippen LogP contribution in [0, 0.1) is 20.8 Å². The Bertz CT molecular complexity index is 917. The molecule has 1 amide bonds. The largest absolute Gasteiger partial charge is 0.354 e. The molecule has 0 fully saturated rings. The van der Waals surface area contributed by atoms with Crippen LogP contribution in [0.2, 0.25) is 0 Å². The van der Waals surface area contributed by atoms with Gasteiger partial charge in [0.25, 0.3) is 0 Å². The van der Waals surface area contributed by atoms with Gasteiger partial charge in [-0.3, -0.25) is 9.10 Å². The van der Waals surface area contributed by atoms with Gasteiger partial charge in [-0.25, -0.2) is 8.42 Å². The standard InChI is InChI=1S/C23H32N2O3S/c1-6-22(23(26)24-13-7-8-20-11-9-17(2)10-12-20)25(29(5,27)28)21-15-18(3)14-19(4)16-21/h9-12,14-16,22H,6-8,13H2,1-5H3,(H,24,26)/t22-/m0/s1. The molecule has 1 N–H and O–H groups in total. The third-order valence-corrected chi connectivity index (χ3v) is 6.03. The van der Waals surface area contributed by atoms with Crippen LogP contribution in [0.1, 0.15) is 42.0 Å². The fourth-order valence-electron chi connectivity index (χ4n) is 3.51. The van der Waals surface area contributed by atoms with Gasteiger partial charge in [0.1, 0.15) is 6.04 Å². The van der Waals surface area contributed by atoms with Gasteiger partial charge >= 0.3 is 0 Å². The Hall–Kier alpha value is -2.34. The van der Waals surface area contributed by atoms with Crippen LogP contribution in [0.5, 0.6) is 0 Å². The van der Waals surface area contributed by atoms with Gasteiger partial charge < -0.3 is 5.32 Å². The molecule has 0 bridgehead atoms. The van der Waals surface area contributed by atoms with Crippen molar-refractivity contribution < 1.29 is 13.2 Å². The molecule has 2 aromatic rings. The number of nitrogens with one attached hydrogen (secondary N) is 1. The second-order valence-electron chi connectivity index (χ2n) is 7.71. The average Bonchev–Trinajstić information content (AvgIpc) is 2.62. The highest BCUT2D eigenvalue weighted by molar-refractivity contribution is 7.92. The van der Waals surface area contributed by atoms with Crippen LogP contribution in [0.4, 0.5) is 5.69 Å². The first-order valence-electron chi connectivity index (χ1n) is 10.0. The summed E-state index contributed by atoms with van der Waals surface area (Å²) in [5, 5.41) is 2.92. The van der Waals surface area contributed by atoms with Gasteiger partial charge in [-0.15, -0.1) is 0 Å². The molecule has 29 heavy (non-hydrogen) atoms. The van der Waals surface area contributed by atoms with E-state index in [1.807, 2.05) is 26.8 Å². The Labute approximate surface area is 175 Å². The number of carbonyl (C=O) groups is 1. The van der Waals surface area contributed by atoms with Crippen molar-refractivity contribution in [1.29, 1.82) is 0 Å². The zero-order valence-electron chi connectivity index (χ0n) is 18.0. The summed E-state index contributed by atoms with van der Waals surface area (Å²) in [5.41, 5.74) is 4.90. The lowest BCUT2D eigenvalue weighted by molar-refractivity contribution is -0.122. The smallest absolute Gasteiger partial charge is 0.243 e. The molecule has 0 spiro atoms. The van der Waals surface area contributed by atoms with Gasteiger partial charge in [-0.1, -0.05) is 42.8 Å². The maximum Gasteiger partial charge on any atom is 0.243 e. The molecule has 1 atom stereocenters. The van der Waals surface area contributed by atoms with Crippen LogP contribution in [-0.2, 0) is 21.2 Å². The van der Waals surface area contributed by atoms with E-state index >= 15 is 0 Å². The molecule has 2 rings (SSSR count). The Morgan fingerprint density at radius 3 is 2.10 bits per heavy atom. The molecular weight excluding hydrogens is 384 g/mol. The summed E-state index contributed by atoms with van der Waals surface area (Å²) in [5.74, 6) is -0.263. The van der Waals surface area contributed by atoms with Crippen LogP contribution in [-0.4, -0.2) is 33.2 Å². The predicted molar refractivity (Wildman–Crippen MR) is 120 cm³/mol. The van der Waals surface area contributed by atoms with E-state index in [0.29, 0.717) is 18.7 Å². The van der Waals surface area contributed by atoms with Crippen molar-refractivity contribution >= 4 is 21.6 Å². The lowest BCUT2D eigenvalue weighted by Crippen LogP contribution is -2.49. The Balaban J connectivity index is 2.08. The number of hydrogen-bond acceptors (Lipinski definition) is 3. The molecule has 0 heterocycles. The normalized spacial score (nSPS) is 12.4. The van der Waals surface area contributed by atoms with Gasteiger partial charge in [0, 0.05) is 6.54 Å². The van der Waals surface area contributed by atoms with E-state index < -0.39 is 16.1 Å². The highest BCUT2D eigenvalue weighted by atomic mass is 32.2. The van der Waals surface area contributed by atoms with Crippen LogP contribution in [0.15, 0.2) is 42.5 Å². The third-order valence-electron chi connectivity index (χ3n) is 4.85. The number of anilines is 1. The quantitative estimate of drug-likeness (QED) is 0.631. The summed E-state index contributed by atoms with van der Waals surface area (Å²) < 4.78 is 26.3. The fraction of sp³-hybridized carbons (Fsp3) is 0.435. The Morgan fingerprint density at radius 2 is 1.59 bits per heavy atom. The molecule has 6 heteroatoms. The van der Waals surface area contributed by atoms with E-state index in [4.69, 9.17) is 0 Å². The van der Waals surface area contributed by atoms with E-state index in [2.05, 4.69) is 36.5 Å². The molecular formula is C23H32N2O3S. The summed E-state index contributed by atoms with van der Waals surface area (Å²) in [7, 11) is -3.61. The number of rotatable bonds is 9. The van der Waals surface area contributed by atoms with Gasteiger partial charge in [0.05, 0.1) is 11.9 Å². The highest BCUT2D eigenvalue weighted by Gasteiger charge is 2.31. The molecule has 0 saturated carbocycles. The molecule has 2 aromatic carbocycles. The first kappa shape index (κ1) is 22.9. The van der Waals surface area contributed by atoms with Crippen LogP contribution >= 0.6 is 0 Å². The molecule has 0 saturated heterocycles. The zero-order chi connectivity index (χ0) is 21.6. The van der Waals surface area contributed by atoms with Crippen molar-refractivity contribution in [2.45, 2.75) is 53.0 Å². The van der Waals surface area contributed by atoms with E-state index in [1.54, 1.807) is 12.1 Å². The number of carbonyl (C=O) groups excluding carboxylic acids is 1. The fourth-order valence-corrected chi connectivity index (χ4v) is 4.71. The van der Waals surface area contributed by atoms with E-state index in [1.165, 1.54) is 15.4 Å². The van der Waals surface area contributed by atoms with Crippen molar-refractivity contribution in [2.24, 2.45) is 0 Å². The summed E-state index contributed by atoms with van der Waals surface area (Å²) in [6, 6.07) is 13.2. The van der Waals surface area contributed by atoms with Gasteiger partial charge in [-0.2, -0.15) is 0 Å². The number of benzene rings is 2. The second-order valence-corrected chi connectivity index (χ2v) is 9.57. The minimum Gasteiger partial charge on any atom is -0.354 e. The SMILES string of the molecule is CC[C@@H](C(=O)NCCCc1ccc(C)cc1)N(c1cc(C)cc(C)c1)S(C)(=O)=O. The minimum atomic E-state index is -3.61. The highest BCUT2D eigenvalue weighted by Crippen LogP contribution is 2.25. The van der Waals surface area contributed by atoms with Crippen molar-refractivity contribution in [3.63, 3.8) is 0 Å². The third kappa shape index (κ3) is 6.60. The summed E-state index contributed by atoms with van der Waals surface area (Å²) in [4.78, 5) is 12.8. The lowest BCUT2D eigenvalue weighted by atomic mass is 10.1. The number of nitrogens with zero attached hydrogens (tertiary/aromatic N) is 1. The Morgan fingerprint density at radius 1 is 1.00 bits per heavy atom. The number of hydrogen-bond donors (Lipinski definition) is 1. The van der Waals surface area contributed by atoms with E-state index in [9.17, 15) is 13.2 Å². The molecule has 158 valence electrons. The number of sulfonamides is 1. The van der Waals surface area contributed by atoms with Gasteiger partial charge in [0.2, 0.25) is 15.9 Å². The topological polar surface area (TPSA) is 66.5 Å². The first-order chi connectivity index (χ1) is 13.6. The number of amides is 1. The maximum absolute atomic E-state index is 12.8. The van der Waals surface area contributed by atoms with Gasteiger partial charge in [0.15, 0.2) is 0 Å². The zero-order valence-corrected chi connectivity index (χ0v) is 18.8. The lowest BCUT2D eigenvalue weighted by Gasteiger charge is -2.30. The summed E-state index contributed by atoms with van der Waals surface area (Å²) >= 11 is 0. The maximum atomic E-state index is 12.8. The summed E-state index contributed by atoms with van der Waals surface area (Å²) in [6.07, 6.45) is 3.21. The molecule has 0 aliphatic rings. The molecule has 0 unspecified atom stereocenters. The average molecular weight is 417 g/mol. The van der Waals surface area contributed by atoms with Crippen LogP contribution in [0.25, 0.3) is 0 Å². The summed E-state index contributed by atoms with van der Waals surface area (Å²) in [6.45, 7) is 8.23. The van der Waals surface area contributed by atoms with Gasteiger partial charge in [-0.05, 0) is 68.9 Å². The van der Waals surface area contributed by atoms with Crippen LogP contribution < -0.4 is 9.62 Å². The Kier molecular flexibility index (Phi) is 7.85. The van der Waals surface area contributed by atoms with Crippen molar-refractivity contribution in [3.8, 4) is 0 Å². The van der Waals surface area contributed by atoms with Crippen molar-refractivity contribution in [3.05, 3.63) is 64.7 Å². The first-order valence-corrected chi connectivity index (χ1v) is 11.9. The molecule has 0 radical (unpaired) electrons. The molecule has 0 aromatic heterocycles. The minimum absolute atomic E-state index is 0.263. The molecule has 0 aliphatic heterocycles. The van der Waals surface area contributed by atoms with Crippen LogP contribution in [0.3, 0.4) is 0 Å². The van der Waals surface area contributed by atoms with E-state index in [-0.39, 0.29) is 5.91 Å². The van der Waals surface area contributed by atoms with Crippen molar-refractivity contribution in [2.75, 3.05) is 17.1 Å². The number of aryl methyl sites for hydroxylation is 4. The second kappa shape index (κ2) is 9.92. The van der Waals surface area contributed by atoms with E-state index in [0.717, 1.165) is 30.2 Å². The predicted octanol–water partition coefficient (Wildman–Crippen LogP) is 3.91. The van der Waals surface area contributed by atoms with Crippen molar-refractivity contribution in [1.82, 2.24) is 5.32 Å². The molecule has 5 nitrogen and oxygen atoms in total.